The minimum Gasteiger partial charge on any atom is -0.494 e. The summed E-state index contributed by atoms with van der Waals surface area (Å²) in [5, 5.41) is 0. The summed E-state index contributed by atoms with van der Waals surface area (Å²) in [5.41, 5.74) is 2.79. The molecular formula is C19H21BrO2. The van der Waals surface area contributed by atoms with Crippen molar-refractivity contribution in [2.45, 2.75) is 31.8 Å². The van der Waals surface area contributed by atoms with Crippen LogP contribution < -0.4 is 4.74 Å². The van der Waals surface area contributed by atoms with Gasteiger partial charge in [-0.05, 0) is 55.2 Å². The molecule has 22 heavy (non-hydrogen) atoms. The average Bonchev–Trinajstić information content (AvgIpc) is 3.29. The molecule has 1 fully saturated rings. The zero-order chi connectivity index (χ0) is 15.4. The van der Waals surface area contributed by atoms with E-state index in [2.05, 4.69) is 52.3 Å². The van der Waals surface area contributed by atoms with E-state index in [1.807, 2.05) is 19.1 Å². The summed E-state index contributed by atoms with van der Waals surface area (Å²) in [5.74, 6) is 0.942. The summed E-state index contributed by atoms with van der Waals surface area (Å²) in [7, 11) is 0. The van der Waals surface area contributed by atoms with Crippen molar-refractivity contribution in [3.63, 3.8) is 0 Å². The van der Waals surface area contributed by atoms with Gasteiger partial charge in [0.25, 0.3) is 0 Å². The Labute approximate surface area is 140 Å². The monoisotopic (exact) mass is 360 g/mol. The van der Waals surface area contributed by atoms with Gasteiger partial charge in [0.15, 0.2) is 0 Å². The maximum absolute atomic E-state index is 5.98. The Balaban J connectivity index is 1.57. The fraction of sp³-hybridized carbons (Fsp3) is 0.368. The number of halogens is 1. The summed E-state index contributed by atoms with van der Waals surface area (Å²) in [4.78, 5) is 0. The molecule has 0 radical (unpaired) electrons. The first kappa shape index (κ1) is 15.6. The standard InChI is InChI=1S/C19H21BrO2/c1-2-22-18-8-6-16(7-9-18)19(10-11-19)14-21-13-15-4-3-5-17(20)12-15/h3-9,12H,2,10-11,13-14H2,1H3. The van der Waals surface area contributed by atoms with Crippen LogP contribution in [0.15, 0.2) is 53.0 Å². The zero-order valence-corrected chi connectivity index (χ0v) is 14.4. The number of hydrogen-bond donors (Lipinski definition) is 0. The molecule has 116 valence electrons. The summed E-state index contributed by atoms with van der Waals surface area (Å²) in [6, 6.07) is 16.8. The first-order chi connectivity index (χ1) is 10.7. The third-order valence-corrected chi connectivity index (χ3v) is 4.66. The summed E-state index contributed by atoms with van der Waals surface area (Å²) in [6.45, 7) is 4.16. The number of rotatable bonds is 7. The van der Waals surface area contributed by atoms with Crippen LogP contribution in [-0.4, -0.2) is 13.2 Å². The van der Waals surface area contributed by atoms with E-state index in [1.165, 1.54) is 24.0 Å². The third-order valence-electron chi connectivity index (χ3n) is 4.17. The molecule has 0 bridgehead atoms. The van der Waals surface area contributed by atoms with E-state index in [0.29, 0.717) is 13.2 Å². The van der Waals surface area contributed by atoms with Crippen molar-refractivity contribution >= 4 is 15.9 Å². The van der Waals surface area contributed by atoms with E-state index in [4.69, 9.17) is 9.47 Å². The highest BCUT2D eigenvalue weighted by Crippen LogP contribution is 2.48. The van der Waals surface area contributed by atoms with Gasteiger partial charge in [0.05, 0.1) is 19.8 Å². The van der Waals surface area contributed by atoms with E-state index in [-0.39, 0.29) is 5.41 Å². The van der Waals surface area contributed by atoms with Crippen molar-refractivity contribution in [3.8, 4) is 5.75 Å². The van der Waals surface area contributed by atoms with Crippen LogP contribution in [0.5, 0.6) is 5.75 Å². The van der Waals surface area contributed by atoms with E-state index >= 15 is 0 Å². The van der Waals surface area contributed by atoms with Crippen molar-refractivity contribution in [1.29, 1.82) is 0 Å². The lowest BCUT2D eigenvalue weighted by molar-refractivity contribution is 0.100. The topological polar surface area (TPSA) is 18.5 Å². The van der Waals surface area contributed by atoms with Crippen LogP contribution >= 0.6 is 15.9 Å². The number of benzene rings is 2. The molecule has 2 nitrogen and oxygen atoms in total. The molecule has 0 saturated heterocycles. The second-order valence-electron chi connectivity index (χ2n) is 5.86. The van der Waals surface area contributed by atoms with Crippen LogP contribution in [0.3, 0.4) is 0 Å². The van der Waals surface area contributed by atoms with Crippen LogP contribution in [0.1, 0.15) is 30.9 Å². The average molecular weight is 361 g/mol. The highest BCUT2D eigenvalue weighted by Gasteiger charge is 2.44. The quantitative estimate of drug-likeness (QED) is 0.683. The Morgan fingerprint density at radius 2 is 1.86 bits per heavy atom. The van der Waals surface area contributed by atoms with Crippen molar-refractivity contribution in [1.82, 2.24) is 0 Å². The highest BCUT2D eigenvalue weighted by atomic mass is 79.9. The van der Waals surface area contributed by atoms with Gasteiger partial charge in [-0.3, -0.25) is 0 Å². The van der Waals surface area contributed by atoms with Gasteiger partial charge in [-0.25, -0.2) is 0 Å². The second-order valence-corrected chi connectivity index (χ2v) is 6.78. The van der Waals surface area contributed by atoms with E-state index in [9.17, 15) is 0 Å². The lowest BCUT2D eigenvalue weighted by Crippen LogP contribution is -2.15. The molecule has 0 aromatic heterocycles. The predicted molar refractivity (Wildman–Crippen MR) is 92.3 cm³/mol. The minimum absolute atomic E-state index is 0.219. The molecule has 0 heterocycles. The second kappa shape index (κ2) is 6.84. The van der Waals surface area contributed by atoms with Crippen molar-refractivity contribution in [3.05, 3.63) is 64.1 Å². The van der Waals surface area contributed by atoms with Gasteiger partial charge in [-0.1, -0.05) is 40.2 Å². The Bertz CT molecular complexity index is 618. The lowest BCUT2D eigenvalue weighted by atomic mass is 9.97. The molecule has 1 saturated carbocycles. The van der Waals surface area contributed by atoms with Crippen molar-refractivity contribution in [2.24, 2.45) is 0 Å². The molecule has 0 aliphatic heterocycles. The van der Waals surface area contributed by atoms with Crippen LogP contribution in [-0.2, 0) is 16.8 Å². The van der Waals surface area contributed by atoms with E-state index < -0.39 is 0 Å². The number of hydrogen-bond acceptors (Lipinski definition) is 2. The van der Waals surface area contributed by atoms with Crippen LogP contribution in [0.2, 0.25) is 0 Å². The normalized spacial score (nSPS) is 15.5. The van der Waals surface area contributed by atoms with E-state index in [0.717, 1.165) is 16.8 Å². The van der Waals surface area contributed by atoms with Crippen molar-refractivity contribution in [2.75, 3.05) is 13.2 Å². The Hall–Kier alpha value is -1.32. The fourth-order valence-electron chi connectivity index (χ4n) is 2.73. The van der Waals surface area contributed by atoms with Crippen LogP contribution in [0.4, 0.5) is 0 Å². The fourth-order valence-corrected chi connectivity index (χ4v) is 3.18. The first-order valence-corrected chi connectivity index (χ1v) is 8.57. The lowest BCUT2D eigenvalue weighted by Gasteiger charge is -2.17. The smallest absolute Gasteiger partial charge is 0.119 e. The van der Waals surface area contributed by atoms with Gasteiger partial charge in [0, 0.05) is 9.89 Å². The molecule has 2 aromatic carbocycles. The molecule has 1 aliphatic rings. The van der Waals surface area contributed by atoms with Gasteiger partial charge in [-0.15, -0.1) is 0 Å². The Kier molecular flexibility index (Phi) is 4.84. The van der Waals surface area contributed by atoms with Crippen LogP contribution in [0, 0.1) is 0 Å². The maximum Gasteiger partial charge on any atom is 0.119 e. The van der Waals surface area contributed by atoms with Crippen molar-refractivity contribution < 1.29 is 9.47 Å². The molecule has 3 rings (SSSR count). The van der Waals surface area contributed by atoms with E-state index in [1.54, 1.807) is 0 Å². The number of ether oxygens (including phenoxy) is 2. The highest BCUT2D eigenvalue weighted by molar-refractivity contribution is 9.10. The van der Waals surface area contributed by atoms with Crippen LogP contribution in [0.25, 0.3) is 0 Å². The van der Waals surface area contributed by atoms with Gasteiger partial charge >= 0.3 is 0 Å². The molecule has 0 N–H and O–H groups in total. The Morgan fingerprint density at radius 3 is 2.50 bits per heavy atom. The molecule has 0 amide bonds. The van der Waals surface area contributed by atoms with Gasteiger partial charge < -0.3 is 9.47 Å². The molecule has 0 spiro atoms. The predicted octanol–water partition coefficient (Wildman–Crippen LogP) is 5.10. The third kappa shape index (κ3) is 3.71. The SMILES string of the molecule is CCOc1ccc(C2(COCc3cccc(Br)c3)CC2)cc1. The van der Waals surface area contributed by atoms with Gasteiger partial charge in [-0.2, -0.15) is 0 Å². The molecule has 3 heteroatoms. The Morgan fingerprint density at radius 1 is 1.09 bits per heavy atom. The molecule has 0 unspecified atom stereocenters. The molecule has 2 aromatic rings. The molecule has 0 atom stereocenters. The largest absolute Gasteiger partial charge is 0.494 e. The molecular weight excluding hydrogens is 340 g/mol. The first-order valence-electron chi connectivity index (χ1n) is 7.77. The summed E-state index contributed by atoms with van der Waals surface area (Å²) >= 11 is 3.49. The maximum atomic E-state index is 5.98. The zero-order valence-electron chi connectivity index (χ0n) is 12.8. The summed E-state index contributed by atoms with van der Waals surface area (Å²) in [6.07, 6.45) is 2.42. The minimum atomic E-state index is 0.219. The molecule has 1 aliphatic carbocycles. The van der Waals surface area contributed by atoms with Gasteiger partial charge in [0.1, 0.15) is 5.75 Å². The summed E-state index contributed by atoms with van der Waals surface area (Å²) < 4.78 is 12.6. The van der Waals surface area contributed by atoms with Gasteiger partial charge in [0.2, 0.25) is 0 Å².